The largest absolute Gasteiger partial charge is 0.493 e. The van der Waals surface area contributed by atoms with Crippen LogP contribution in [-0.4, -0.2) is 12.5 Å². The lowest BCUT2D eigenvalue weighted by atomic mass is 10.1. The van der Waals surface area contributed by atoms with Crippen LogP contribution in [-0.2, 0) is 17.6 Å². The van der Waals surface area contributed by atoms with Gasteiger partial charge in [0.05, 0.1) is 13.0 Å². The average molecular weight is 267 g/mol. The van der Waals surface area contributed by atoms with Gasteiger partial charge in [0.1, 0.15) is 5.75 Å². The van der Waals surface area contributed by atoms with Crippen molar-refractivity contribution >= 4 is 11.6 Å². The van der Waals surface area contributed by atoms with Gasteiger partial charge in [0.15, 0.2) is 0 Å². The summed E-state index contributed by atoms with van der Waals surface area (Å²) in [7, 11) is 0. The molecular formula is C17H17NO2. The Kier molecular flexibility index (Phi) is 3.42. The molecule has 1 aliphatic rings. The highest BCUT2D eigenvalue weighted by Gasteiger charge is 2.13. The van der Waals surface area contributed by atoms with Gasteiger partial charge >= 0.3 is 0 Å². The SMILES string of the molecule is Cc1cccc(NC(=O)Cc2ccc3c(c2)CCO3)c1. The normalized spacial score (nSPS) is 12.7. The molecule has 1 N–H and O–H groups in total. The van der Waals surface area contributed by atoms with Crippen LogP contribution in [0, 0.1) is 6.92 Å². The van der Waals surface area contributed by atoms with Crippen LogP contribution >= 0.6 is 0 Å². The highest BCUT2D eigenvalue weighted by Crippen LogP contribution is 2.26. The summed E-state index contributed by atoms with van der Waals surface area (Å²) >= 11 is 0. The van der Waals surface area contributed by atoms with Gasteiger partial charge in [0.25, 0.3) is 0 Å². The molecule has 102 valence electrons. The third-order valence-electron chi connectivity index (χ3n) is 3.42. The number of carbonyl (C=O) groups is 1. The average Bonchev–Trinajstić information content (AvgIpc) is 2.86. The predicted molar refractivity (Wildman–Crippen MR) is 79.2 cm³/mol. The fourth-order valence-electron chi connectivity index (χ4n) is 2.46. The van der Waals surface area contributed by atoms with Gasteiger partial charge in [0.2, 0.25) is 5.91 Å². The molecule has 1 heterocycles. The monoisotopic (exact) mass is 267 g/mol. The van der Waals surface area contributed by atoms with E-state index in [9.17, 15) is 4.79 Å². The van der Waals surface area contributed by atoms with Crippen molar-refractivity contribution in [2.24, 2.45) is 0 Å². The van der Waals surface area contributed by atoms with E-state index in [0.717, 1.165) is 35.6 Å². The van der Waals surface area contributed by atoms with Crippen molar-refractivity contribution in [2.45, 2.75) is 19.8 Å². The minimum atomic E-state index is 0.00876. The van der Waals surface area contributed by atoms with Crippen LogP contribution in [0.15, 0.2) is 42.5 Å². The number of aryl methyl sites for hydroxylation is 1. The van der Waals surface area contributed by atoms with Crippen LogP contribution in [0.5, 0.6) is 5.75 Å². The van der Waals surface area contributed by atoms with E-state index < -0.39 is 0 Å². The third kappa shape index (κ3) is 2.82. The number of carbonyl (C=O) groups excluding carboxylic acids is 1. The quantitative estimate of drug-likeness (QED) is 0.928. The molecule has 0 aromatic heterocycles. The van der Waals surface area contributed by atoms with E-state index in [0.29, 0.717) is 6.42 Å². The minimum Gasteiger partial charge on any atom is -0.493 e. The topological polar surface area (TPSA) is 38.3 Å². The molecule has 0 radical (unpaired) electrons. The summed E-state index contributed by atoms with van der Waals surface area (Å²) < 4.78 is 5.47. The lowest BCUT2D eigenvalue weighted by Gasteiger charge is -2.07. The molecule has 3 heteroatoms. The molecule has 0 fully saturated rings. The zero-order valence-corrected chi connectivity index (χ0v) is 11.5. The summed E-state index contributed by atoms with van der Waals surface area (Å²) in [5.74, 6) is 0.960. The highest BCUT2D eigenvalue weighted by molar-refractivity contribution is 5.92. The van der Waals surface area contributed by atoms with Crippen molar-refractivity contribution in [2.75, 3.05) is 11.9 Å². The molecule has 2 aromatic rings. The smallest absolute Gasteiger partial charge is 0.228 e. The van der Waals surface area contributed by atoms with E-state index in [1.807, 2.05) is 43.3 Å². The van der Waals surface area contributed by atoms with E-state index in [-0.39, 0.29) is 5.91 Å². The van der Waals surface area contributed by atoms with Crippen LogP contribution in [0.4, 0.5) is 5.69 Å². The lowest BCUT2D eigenvalue weighted by Crippen LogP contribution is -2.14. The van der Waals surface area contributed by atoms with Gasteiger partial charge in [0, 0.05) is 12.1 Å². The van der Waals surface area contributed by atoms with Crippen molar-refractivity contribution < 1.29 is 9.53 Å². The lowest BCUT2D eigenvalue weighted by molar-refractivity contribution is -0.115. The number of nitrogens with one attached hydrogen (secondary N) is 1. The zero-order valence-electron chi connectivity index (χ0n) is 11.5. The molecule has 1 amide bonds. The maximum atomic E-state index is 12.1. The molecule has 0 bridgehead atoms. The van der Waals surface area contributed by atoms with Crippen molar-refractivity contribution in [3.05, 3.63) is 59.2 Å². The molecule has 0 atom stereocenters. The molecule has 0 saturated carbocycles. The third-order valence-corrected chi connectivity index (χ3v) is 3.42. The molecule has 2 aromatic carbocycles. The van der Waals surface area contributed by atoms with E-state index in [2.05, 4.69) is 11.4 Å². The highest BCUT2D eigenvalue weighted by atomic mass is 16.5. The van der Waals surface area contributed by atoms with Crippen molar-refractivity contribution in [1.82, 2.24) is 0 Å². The van der Waals surface area contributed by atoms with Crippen LogP contribution in [0.3, 0.4) is 0 Å². The first-order chi connectivity index (χ1) is 9.70. The number of hydrogen-bond acceptors (Lipinski definition) is 2. The molecule has 3 rings (SSSR count). The molecule has 1 aliphatic heterocycles. The van der Waals surface area contributed by atoms with Crippen LogP contribution in [0.25, 0.3) is 0 Å². The Morgan fingerprint density at radius 3 is 3.00 bits per heavy atom. The van der Waals surface area contributed by atoms with Crippen molar-refractivity contribution in [1.29, 1.82) is 0 Å². The molecule has 0 aliphatic carbocycles. The second kappa shape index (κ2) is 5.37. The van der Waals surface area contributed by atoms with Gasteiger partial charge in [-0.05, 0) is 41.8 Å². The van der Waals surface area contributed by atoms with Crippen LogP contribution in [0.1, 0.15) is 16.7 Å². The second-order valence-electron chi connectivity index (χ2n) is 5.13. The molecule has 0 saturated heterocycles. The zero-order chi connectivity index (χ0) is 13.9. The Morgan fingerprint density at radius 2 is 2.15 bits per heavy atom. The Balaban J connectivity index is 1.67. The van der Waals surface area contributed by atoms with Gasteiger partial charge in [-0.15, -0.1) is 0 Å². The molecule has 3 nitrogen and oxygen atoms in total. The molecule has 0 spiro atoms. The molecule has 0 unspecified atom stereocenters. The summed E-state index contributed by atoms with van der Waals surface area (Å²) in [5, 5.41) is 2.93. The van der Waals surface area contributed by atoms with E-state index >= 15 is 0 Å². The number of amides is 1. The summed E-state index contributed by atoms with van der Waals surface area (Å²) in [4.78, 5) is 12.1. The van der Waals surface area contributed by atoms with Gasteiger partial charge in [-0.1, -0.05) is 24.3 Å². The number of hydrogen-bond donors (Lipinski definition) is 1. The van der Waals surface area contributed by atoms with Crippen molar-refractivity contribution in [3.63, 3.8) is 0 Å². The Morgan fingerprint density at radius 1 is 1.25 bits per heavy atom. The number of ether oxygens (including phenoxy) is 1. The predicted octanol–water partition coefficient (Wildman–Crippen LogP) is 3.11. The Labute approximate surface area is 118 Å². The van der Waals surface area contributed by atoms with Crippen molar-refractivity contribution in [3.8, 4) is 5.75 Å². The first-order valence-electron chi connectivity index (χ1n) is 6.82. The standard InChI is InChI=1S/C17H17NO2/c1-12-3-2-4-15(9-12)18-17(19)11-13-5-6-16-14(10-13)7-8-20-16/h2-6,9-10H,7-8,11H2,1H3,(H,18,19). The number of anilines is 1. The fraction of sp³-hybridized carbons (Fsp3) is 0.235. The van der Waals surface area contributed by atoms with E-state index in [4.69, 9.17) is 4.74 Å². The minimum absolute atomic E-state index is 0.00876. The first kappa shape index (κ1) is 12.7. The van der Waals surface area contributed by atoms with Gasteiger partial charge in [-0.3, -0.25) is 4.79 Å². The van der Waals surface area contributed by atoms with Gasteiger partial charge < -0.3 is 10.1 Å². The number of fused-ring (bicyclic) bond motifs is 1. The molecular weight excluding hydrogens is 250 g/mol. The van der Waals surface area contributed by atoms with E-state index in [1.165, 1.54) is 5.56 Å². The number of rotatable bonds is 3. The summed E-state index contributed by atoms with van der Waals surface area (Å²) in [6.45, 7) is 2.75. The first-order valence-corrected chi connectivity index (χ1v) is 6.82. The van der Waals surface area contributed by atoms with Crippen LogP contribution in [0.2, 0.25) is 0 Å². The van der Waals surface area contributed by atoms with Crippen LogP contribution < -0.4 is 10.1 Å². The summed E-state index contributed by atoms with van der Waals surface area (Å²) in [6, 6.07) is 13.8. The Hall–Kier alpha value is -2.29. The summed E-state index contributed by atoms with van der Waals surface area (Å²) in [6.07, 6.45) is 1.32. The maximum absolute atomic E-state index is 12.1. The summed E-state index contributed by atoms with van der Waals surface area (Å²) in [5.41, 5.74) is 4.21. The second-order valence-corrected chi connectivity index (χ2v) is 5.13. The van der Waals surface area contributed by atoms with Gasteiger partial charge in [-0.25, -0.2) is 0 Å². The fourth-order valence-corrected chi connectivity index (χ4v) is 2.46. The molecule has 20 heavy (non-hydrogen) atoms. The van der Waals surface area contributed by atoms with Gasteiger partial charge in [-0.2, -0.15) is 0 Å². The van der Waals surface area contributed by atoms with E-state index in [1.54, 1.807) is 0 Å². The Bertz CT molecular complexity index is 649. The maximum Gasteiger partial charge on any atom is 0.228 e. The number of benzene rings is 2.